The van der Waals surface area contributed by atoms with E-state index in [-0.39, 0.29) is 38.4 Å². The van der Waals surface area contributed by atoms with Gasteiger partial charge in [0.05, 0.1) is 28.4 Å². The van der Waals surface area contributed by atoms with Gasteiger partial charge in [-0.15, -0.1) is 0 Å². The fourth-order valence-electron chi connectivity index (χ4n) is 4.64. The first kappa shape index (κ1) is 25.1. The minimum atomic E-state index is -0.236. The molecule has 5 rings (SSSR count). The summed E-state index contributed by atoms with van der Waals surface area (Å²) in [4.78, 5) is 27.8. The van der Waals surface area contributed by atoms with E-state index in [0.717, 1.165) is 0 Å². The molecule has 0 saturated carbocycles. The molecule has 0 unspecified atom stereocenters. The summed E-state index contributed by atoms with van der Waals surface area (Å²) >= 11 is 0. The number of piperidine rings is 1. The molecule has 2 aromatic carbocycles. The van der Waals surface area contributed by atoms with Gasteiger partial charge in [-0.2, -0.15) is 0 Å². The van der Waals surface area contributed by atoms with Crippen LogP contribution in [0.4, 0.5) is 0 Å². The third-order valence-corrected chi connectivity index (χ3v) is 6.44. The molecule has 0 aromatic heterocycles. The van der Waals surface area contributed by atoms with E-state index < -0.39 is 0 Å². The summed E-state index contributed by atoms with van der Waals surface area (Å²) in [6, 6.07) is 3.41. The Labute approximate surface area is 219 Å². The van der Waals surface area contributed by atoms with Gasteiger partial charge in [-0.3, -0.25) is 9.59 Å². The van der Waals surface area contributed by atoms with Crippen molar-refractivity contribution in [2.45, 2.75) is 6.92 Å². The molecule has 0 aliphatic carbocycles. The third kappa shape index (κ3) is 4.19. The average molecular weight is 526 g/mol. The number of methoxy groups -OCH3 is 4. The molecule has 0 N–H and O–H groups in total. The zero-order chi connectivity index (χ0) is 27.0. The summed E-state index contributed by atoms with van der Waals surface area (Å²) in [7, 11) is 6.03. The van der Waals surface area contributed by atoms with Crippen LogP contribution in [0.1, 0.15) is 18.1 Å². The molecule has 3 aliphatic rings. The number of ketones is 1. The molecule has 2 aromatic rings. The predicted octanol–water partition coefficient (Wildman–Crippen LogP) is 3.08. The molecule has 11 nitrogen and oxygen atoms in total. The topological polar surface area (TPSA) is 111 Å². The molecule has 11 heteroatoms. The average Bonchev–Trinajstić information content (AvgIpc) is 3.60. The fraction of sp³-hybridized carbons (Fsp3) is 0.333. The summed E-state index contributed by atoms with van der Waals surface area (Å²) < 4.78 is 44.3. The maximum atomic E-state index is 13.7. The highest BCUT2D eigenvalue weighted by Crippen LogP contribution is 2.51. The first-order valence-electron chi connectivity index (χ1n) is 11.7. The number of carbonyl (C=O) groups excluding carboxylic acids is 2. The molecule has 0 bridgehead atoms. The minimum absolute atomic E-state index is 0.0207. The lowest BCUT2D eigenvalue weighted by molar-refractivity contribution is -0.129. The van der Waals surface area contributed by atoms with Gasteiger partial charge in [0.15, 0.2) is 28.8 Å². The van der Waals surface area contributed by atoms with Gasteiger partial charge < -0.3 is 42.8 Å². The summed E-state index contributed by atoms with van der Waals surface area (Å²) in [6.45, 7) is 1.74. The molecule has 3 aliphatic heterocycles. The van der Waals surface area contributed by atoms with Crippen LogP contribution < -0.4 is 37.9 Å². The monoisotopic (exact) mass is 525 g/mol. The molecule has 1 saturated heterocycles. The van der Waals surface area contributed by atoms with Gasteiger partial charge in [0.25, 0.3) is 0 Å². The number of nitrogens with zero attached hydrogens (tertiary/aromatic N) is 1. The van der Waals surface area contributed by atoms with Crippen LogP contribution in [-0.2, 0) is 9.59 Å². The van der Waals surface area contributed by atoms with Gasteiger partial charge in [0.2, 0.25) is 42.5 Å². The van der Waals surface area contributed by atoms with Crippen LogP contribution in [0.25, 0.3) is 12.2 Å². The first-order chi connectivity index (χ1) is 18.4. The summed E-state index contributed by atoms with van der Waals surface area (Å²) in [6.07, 6.45) is 3.35. The molecular weight excluding hydrogens is 498 g/mol. The second kappa shape index (κ2) is 10.1. The van der Waals surface area contributed by atoms with Crippen LogP contribution in [0, 0.1) is 0 Å². The van der Waals surface area contributed by atoms with Gasteiger partial charge in [0, 0.05) is 42.3 Å². The number of Topliss-reactive ketones (excluding diaryl/α,β-unsaturated/α-hetero) is 1. The Balaban J connectivity index is 1.62. The van der Waals surface area contributed by atoms with Crippen molar-refractivity contribution in [3.63, 3.8) is 0 Å². The van der Waals surface area contributed by atoms with Gasteiger partial charge in [-0.1, -0.05) is 0 Å². The largest absolute Gasteiger partial charge is 0.493 e. The van der Waals surface area contributed by atoms with E-state index in [2.05, 4.69) is 0 Å². The number of ether oxygens (including phenoxy) is 8. The number of carbonyl (C=O) groups is 2. The van der Waals surface area contributed by atoms with Crippen molar-refractivity contribution in [3.8, 4) is 46.0 Å². The molecule has 0 atom stereocenters. The molecule has 1 fully saturated rings. The van der Waals surface area contributed by atoms with E-state index in [4.69, 9.17) is 37.9 Å². The van der Waals surface area contributed by atoms with Gasteiger partial charge in [0.1, 0.15) is 0 Å². The Morgan fingerprint density at radius 2 is 1.16 bits per heavy atom. The van der Waals surface area contributed by atoms with Crippen molar-refractivity contribution in [1.29, 1.82) is 0 Å². The second-order valence-corrected chi connectivity index (χ2v) is 8.58. The summed E-state index contributed by atoms with van der Waals surface area (Å²) in [5, 5.41) is 0. The molecule has 3 heterocycles. The van der Waals surface area contributed by atoms with Crippen molar-refractivity contribution < 1.29 is 47.5 Å². The molecule has 0 radical (unpaired) electrons. The highest BCUT2D eigenvalue weighted by molar-refractivity contribution is 6.15. The quantitative estimate of drug-likeness (QED) is 0.522. The lowest BCUT2D eigenvalue weighted by atomic mass is 9.93. The van der Waals surface area contributed by atoms with Crippen LogP contribution in [0.3, 0.4) is 0 Å². The van der Waals surface area contributed by atoms with Gasteiger partial charge in [-0.25, -0.2) is 0 Å². The highest BCUT2D eigenvalue weighted by Gasteiger charge is 2.32. The van der Waals surface area contributed by atoms with E-state index in [1.807, 2.05) is 0 Å². The predicted molar refractivity (Wildman–Crippen MR) is 135 cm³/mol. The lowest BCUT2D eigenvalue weighted by Crippen LogP contribution is -2.40. The number of fused-ring (bicyclic) bond motifs is 2. The van der Waals surface area contributed by atoms with Crippen LogP contribution >= 0.6 is 0 Å². The zero-order valence-corrected chi connectivity index (χ0v) is 21.7. The number of hydrogen-bond donors (Lipinski definition) is 0. The van der Waals surface area contributed by atoms with Crippen LogP contribution in [0.5, 0.6) is 46.0 Å². The number of likely N-dealkylation sites (tertiary alicyclic amines) is 1. The fourth-order valence-corrected chi connectivity index (χ4v) is 4.64. The van der Waals surface area contributed by atoms with E-state index in [0.29, 0.717) is 68.3 Å². The Morgan fingerprint density at radius 1 is 0.737 bits per heavy atom. The van der Waals surface area contributed by atoms with Gasteiger partial charge >= 0.3 is 0 Å². The highest BCUT2D eigenvalue weighted by atomic mass is 16.7. The summed E-state index contributed by atoms with van der Waals surface area (Å²) in [5.74, 6) is 2.87. The van der Waals surface area contributed by atoms with Crippen molar-refractivity contribution in [2.24, 2.45) is 0 Å². The molecular formula is C27H27NO10. The minimum Gasteiger partial charge on any atom is -0.493 e. The second-order valence-electron chi connectivity index (χ2n) is 8.58. The number of hydrogen-bond acceptors (Lipinski definition) is 10. The Bertz CT molecular complexity index is 1280. The zero-order valence-electron chi connectivity index (χ0n) is 21.7. The van der Waals surface area contributed by atoms with E-state index in [9.17, 15) is 9.59 Å². The van der Waals surface area contributed by atoms with Gasteiger partial charge in [-0.05, 0) is 24.3 Å². The number of rotatable bonds is 6. The third-order valence-electron chi connectivity index (χ3n) is 6.44. The maximum absolute atomic E-state index is 13.7. The van der Waals surface area contributed by atoms with E-state index in [1.54, 1.807) is 29.2 Å². The van der Waals surface area contributed by atoms with Crippen LogP contribution in [0.2, 0.25) is 0 Å². The van der Waals surface area contributed by atoms with Crippen molar-refractivity contribution in [2.75, 3.05) is 55.1 Å². The maximum Gasteiger partial charge on any atom is 0.231 e. The molecule has 38 heavy (non-hydrogen) atoms. The van der Waals surface area contributed by atoms with E-state index >= 15 is 0 Å². The summed E-state index contributed by atoms with van der Waals surface area (Å²) in [5.41, 5.74) is 1.85. The smallest absolute Gasteiger partial charge is 0.231 e. The number of benzene rings is 2. The van der Waals surface area contributed by atoms with Crippen molar-refractivity contribution >= 4 is 23.8 Å². The Kier molecular flexibility index (Phi) is 6.66. The van der Waals surface area contributed by atoms with Crippen LogP contribution in [0.15, 0.2) is 23.3 Å². The molecule has 1 amide bonds. The molecule has 0 spiro atoms. The molecule has 200 valence electrons. The number of amides is 1. The van der Waals surface area contributed by atoms with Crippen molar-refractivity contribution in [1.82, 2.24) is 4.90 Å². The van der Waals surface area contributed by atoms with Crippen LogP contribution in [-0.4, -0.2) is 71.7 Å². The van der Waals surface area contributed by atoms with E-state index in [1.165, 1.54) is 35.4 Å². The lowest BCUT2D eigenvalue weighted by Gasteiger charge is -2.29. The normalized spacial score (nSPS) is 17.7. The standard InChI is InChI=1S/C27H27NO10/c1-14(29)28-10-17(6-15-8-19(31-2)24-26(22(15)33-4)37-12-35-24)21(30)18(11-28)7-16-9-20(32-3)25-27(23(16)34-5)38-13-36-25/h6-9H,10-13H2,1-5H3/b17-6+,18-7+. The first-order valence-corrected chi connectivity index (χ1v) is 11.7. The Morgan fingerprint density at radius 3 is 1.53 bits per heavy atom. The van der Waals surface area contributed by atoms with Crippen molar-refractivity contribution in [3.05, 3.63) is 34.4 Å². The Hall–Kier alpha value is -4.54. The SMILES string of the molecule is COc1cc(/C=C2\CN(C(C)=O)C/C(=C\c3cc(OC)c4c(c3OC)OCO4)C2=O)c(OC)c2c1OCO2.